The largest absolute Gasteiger partial charge is 0.377 e. The van der Waals surface area contributed by atoms with Crippen molar-refractivity contribution in [1.82, 2.24) is 4.31 Å². The quantitative estimate of drug-likeness (QED) is 0.633. The second kappa shape index (κ2) is 7.93. The van der Waals surface area contributed by atoms with Crippen molar-refractivity contribution in [2.24, 2.45) is 0 Å². The predicted molar refractivity (Wildman–Crippen MR) is 125 cm³/mol. The third-order valence-corrected chi connectivity index (χ3v) is 7.81. The molecule has 3 aromatic carbocycles. The summed E-state index contributed by atoms with van der Waals surface area (Å²) in [6, 6.07) is 19.9. The maximum Gasteiger partial charge on any atom is 0.243 e. The van der Waals surface area contributed by atoms with Gasteiger partial charge in [0.1, 0.15) is 0 Å². The van der Waals surface area contributed by atoms with Crippen molar-refractivity contribution in [2.45, 2.75) is 24.8 Å². The van der Waals surface area contributed by atoms with Crippen LogP contribution < -0.4 is 9.80 Å². The molecular formula is C24H29N3O2S. The molecule has 0 N–H and O–H groups in total. The second-order valence-corrected chi connectivity index (χ2v) is 10.2. The van der Waals surface area contributed by atoms with Crippen molar-refractivity contribution in [2.75, 3.05) is 43.5 Å². The zero-order valence-electron chi connectivity index (χ0n) is 18.0. The van der Waals surface area contributed by atoms with Gasteiger partial charge in [-0.15, -0.1) is 0 Å². The number of aryl methyl sites for hydroxylation is 1. The van der Waals surface area contributed by atoms with Gasteiger partial charge >= 0.3 is 0 Å². The first-order valence-electron chi connectivity index (χ1n) is 10.3. The number of anilines is 2. The number of sulfonamides is 1. The van der Waals surface area contributed by atoms with E-state index >= 15 is 0 Å². The van der Waals surface area contributed by atoms with Crippen LogP contribution in [0.3, 0.4) is 0 Å². The van der Waals surface area contributed by atoms with Crippen molar-refractivity contribution in [1.29, 1.82) is 0 Å². The van der Waals surface area contributed by atoms with E-state index in [0.717, 1.165) is 22.1 Å². The molecule has 1 saturated heterocycles. The Morgan fingerprint density at radius 3 is 2.33 bits per heavy atom. The fourth-order valence-corrected chi connectivity index (χ4v) is 6.07. The van der Waals surface area contributed by atoms with E-state index in [4.69, 9.17) is 0 Å². The average molecular weight is 424 g/mol. The van der Waals surface area contributed by atoms with Gasteiger partial charge in [0.05, 0.1) is 4.90 Å². The molecule has 1 heterocycles. The number of benzene rings is 3. The third kappa shape index (κ3) is 3.66. The molecule has 6 heteroatoms. The maximum atomic E-state index is 13.6. The van der Waals surface area contributed by atoms with E-state index in [-0.39, 0.29) is 6.04 Å². The molecule has 1 fully saturated rings. The molecule has 3 aromatic rings. The lowest BCUT2D eigenvalue weighted by Gasteiger charge is -2.40. The molecule has 5 nitrogen and oxygen atoms in total. The number of rotatable bonds is 4. The lowest BCUT2D eigenvalue weighted by Crippen LogP contribution is -2.53. The minimum Gasteiger partial charge on any atom is -0.377 e. The Morgan fingerprint density at radius 1 is 0.933 bits per heavy atom. The molecule has 1 unspecified atom stereocenters. The Bertz CT molecular complexity index is 1170. The van der Waals surface area contributed by atoms with Crippen molar-refractivity contribution >= 4 is 32.2 Å². The lowest BCUT2D eigenvalue weighted by atomic mass is 10.1. The van der Waals surface area contributed by atoms with E-state index in [1.807, 2.05) is 49.3 Å². The van der Waals surface area contributed by atoms with E-state index in [1.54, 1.807) is 10.4 Å². The summed E-state index contributed by atoms with van der Waals surface area (Å²) in [4.78, 5) is 4.70. The summed E-state index contributed by atoms with van der Waals surface area (Å²) in [6.07, 6.45) is 0. The lowest BCUT2D eigenvalue weighted by molar-refractivity contribution is 0.343. The number of fused-ring (bicyclic) bond motifs is 1. The molecule has 1 aliphatic rings. The van der Waals surface area contributed by atoms with Crippen LogP contribution in [0.15, 0.2) is 65.6 Å². The van der Waals surface area contributed by atoms with Crippen LogP contribution in [0.2, 0.25) is 0 Å². The average Bonchev–Trinajstić information content (AvgIpc) is 2.72. The molecule has 0 spiro atoms. The van der Waals surface area contributed by atoms with E-state index in [2.05, 4.69) is 43.0 Å². The molecular weight excluding hydrogens is 394 g/mol. The van der Waals surface area contributed by atoms with Crippen LogP contribution in [0.1, 0.15) is 12.5 Å². The van der Waals surface area contributed by atoms with Gasteiger partial charge in [0.2, 0.25) is 10.0 Å². The SMILES string of the molecule is Cc1cccc(N2CCN(S(=O)(=O)c3cccc4c(N(C)C)cccc34)CC2C)c1. The fourth-order valence-electron chi connectivity index (χ4n) is 4.35. The Labute approximate surface area is 179 Å². The first-order valence-corrected chi connectivity index (χ1v) is 11.8. The van der Waals surface area contributed by atoms with Gasteiger partial charge in [0.15, 0.2) is 0 Å². The summed E-state index contributed by atoms with van der Waals surface area (Å²) in [6.45, 7) is 5.80. The summed E-state index contributed by atoms with van der Waals surface area (Å²) in [7, 11) is 0.359. The Hall–Kier alpha value is -2.57. The number of hydrogen-bond acceptors (Lipinski definition) is 4. The highest BCUT2D eigenvalue weighted by molar-refractivity contribution is 7.89. The van der Waals surface area contributed by atoms with Crippen molar-refractivity contribution in [3.63, 3.8) is 0 Å². The standard InChI is InChI=1S/C24H29N3O2S/c1-18-8-5-9-20(16-18)27-15-14-26(17-19(27)2)30(28,29)24-13-7-10-21-22(24)11-6-12-23(21)25(3)4/h5-13,16,19H,14-15,17H2,1-4H3. The van der Waals surface area contributed by atoms with Crippen molar-refractivity contribution in [3.05, 3.63) is 66.2 Å². The molecule has 1 atom stereocenters. The molecule has 30 heavy (non-hydrogen) atoms. The molecule has 0 amide bonds. The van der Waals surface area contributed by atoms with E-state index < -0.39 is 10.0 Å². The summed E-state index contributed by atoms with van der Waals surface area (Å²) in [5.41, 5.74) is 3.38. The smallest absolute Gasteiger partial charge is 0.243 e. The van der Waals surface area contributed by atoms with Gasteiger partial charge in [-0.25, -0.2) is 8.42 Å². The summed E-state index contributed by atoms with van der Waals surface area (Å²) < 4.78 is 28.9. The summed E-state index contributed by atoms with van der Waals surface area (Å²) >= 11 is 0. The van der Waals surface area contributed by atoms with Gasteiger partial charge in [-0.3, -0.25) is 0 Å². The van der Waals surface area contributed by atoms with Gasteiger partial charge in [0.25, 0.3) is 0 Å². The summed E-state index contributed by atoms with van der Waals surface area (Å²) in [5, 5.41) is 1.73. The van der Waals surface area contributed by atoms with Crippen LogP contribution in [0.25, 0.3) is 10.8 Å². The highest BCUT2D eigenvalue weighted by Crippen LogP contribution is 2.33. The fraction of sp³-hybridized carbons (Fsp3) is 0.333. The molecule has 4 rings (SSSR count). The summed E-state index contributed by atoms with van der Waals surface area (Å²) in [5.74, 6) is 0. The monoisotopic (exact) mass is 423 g/mol. The van der Waals surface area contributed by atoms with Gasteiger partial charge in [0, 0.05) is 61.9 Å². The zero-order chi connectivity index (χ0) is 21.5. The minimum absolute atomic E-state index is 0.0997. The van der Waals surface area contributed by atoms with E-state index in [1.165, 1.54) is 5.56 Å². The van der Waals surface area contributed by atoms with Gasteiger partial charge in [-0.1, -0.05) is 36.4 Å². The Kier molecular flexibility index (Phi) is 5.47. The molecule has 1 aliphatic heterocycles. The predicted octanol–water partition coefficient (Wildman–Crippen LogP) is 4.11. The normalized spacial score (nSPS) is 18.0. The number of nitrogens with zero attached hydrogens (tertiary/aromatic N) is 3. The zero-order valence-corrected chi connectivity index (χ0v) is 18.9. The number of piperazine rings is 1. The second-order valence-electron chi connectivity index (χ2n) is 8.27. The van der Waals surface area contributed by atoms with Crippen LogP contribution in [0.4, 0.5) is 11.4 Å². The molecule has 0 saturated carbocycles. The third-order valence-electron chi connectivity index (χ3n) is 5.88. The molecule has 158 valence electrons. The van der Waals surface area contributed by atoms with Crippen molar-refractivity contribution < 1.29 is 8.42 Å². The molecule has 0 radical (unpaired) electrons. The highest BCUT2D eigenvalue weighted by atomic mass is 32.2. The minimum atomic E-state index is -3.59. The Morgan fingerprint density at radius 2 is 1.63 bits per heavy atom. The van der Waals surface area contributed by atoms with Gasteiger partial charge in [-0.2, -0.15) is 4.31 Å². The first kappa shape index (κ1) is 20.7. The molecule has 0 aromatic heterocycles. The van der Waals surface area contributed by atoms with Crippen LogP contribution in [0, 0.1) is 6.92 Å². The van der Waals surface area contributed by atoms with Crippen molar-refractivity contribution in [3.8, 4) is 0 Å². The van der Waals surface area contributed by atoms with Crippen LogP contribution in [-0.4, -0.2) is 52.5 Å². The molecule has 0 bridgehead atoms. The molecule has 0 aliphatic carbocycles. The highest BCUT2D eigenvalue weighted by Gasteiger charge is 2.33. The van der Waals surface area contributed by atoms with Crippen LogP contribution >= 0.6 is 0 Å². The van der Waals surface area contributed by atoms with Crippen LogP contribution in [-0.2, 0) is 10.0 Å². The Balaban J connectivity index is 1.66. The van der Waals surface area contributed by atoms with E-state index in [9.17, 15) is 8.42 Å². The van der Waals surface area contributed by atoms with Gasteiger partial charge in [-0.05, 0) is 43.7 Å². The number of hydrogen-bond donors (Lipinski definition) is 0. The first-order chi connectivity index (χ1) is 14.3. The maximum absolute atomic E-state index is 13.6. The topological polar surface area (TPSA) is 43.9 Å². The van der Waals surface area contributed by atoms with E-state index in [0.29, 0.717) is 24.5 Å². The van der Waals surface area contributed by atoms with Crippen LogP contribution in [0.5, 0.6) is 0 Å². The van der Waals surface area contributed by atoms with Gasteiger partial charge < -0.3 is 9.80 Å².